The van der Waals surface area contributed by atoms with Gasteiger partial charge in [-0.25, -0.2) is 0 Å². The number of benzene rings is 1. The maximum Gasteiger partial charge on any atom is 0.245 e. The third-order valence-corrected chi connectivity index (χ3v) is 5.35. The normalized spacial score (nSPS) is 37.1. The molecule has 0 radical (unpaired) electrons. The highest BCUT2D eigenvalue weighted by Crippen LogP contribution is 2.64. The van der Waals surface area contributed by atoms with E-state index >= 15 is 0 Å². The summed E-state index contributed by atoms with van der Waals surface area (Å²) in [5.41, 5.74) is -4.71. The second-order valence-corrected chi connectivity index (χ2v) is 6.28. The molecule has 0 unspecified atom stereocenters. The Morgan fingerprint density at radius 2 is 1.78 bits per heavy atom. The molecule has 1 aliphatic carbocycles. The van der Waals surface area contributed by atoms with Crippen molar-refractivity contribution in [3.05, 3.63) is 35.9 Å². The van der Waals surface area contributed by atoms with Crippen molar-refractivity contribution in [3.8, 4) is 18.2 Å². The molecule has 1 saturated carbocycles. The van der Waals surface area contributed by atoms with E-state index in [2.05, 4.69) is 5.32 Å². The van der Waals surface area contributed by atoms with E-state index in [4.69, 9.17) is 0 Å². The third kappa shape index (κ3) is 1.55. The molecule has 3 rings (SSSR count). The second-order valence-electron chi connectivity index (χ2n) is 6.28. The van der Waals surface area contributed by atoms with E-state index in [1.165, 1.54) is 0 Å². The van der Waals surface area contributed by atoms with Crippen molar-refractivity contribution in [2.75, 3.05) is 0 Å². The van der Waals surface area contributed by atoms with Gasteiger partial charge < -0.3 is 10.4 Å². The van der Waals surface area contributed by atoms with Crippen LogP contribution in [0, 0.1) is 50.7 Å². The Labute approximate surface area is 133 Å². The minimum absolute atomic E-state index is 0.263. The number of carbonyl (C=O) groups excluding carboxylic acids is 1. The van der Waals surface area contributed by atoms with Crippen molar-refractivity contribution in [1.29, 1.82) is 15.8 Å². The van der Waals surface area contributed by atoms with Gasteiger partial charge in [-0.3, -0.25) is 4.79 Å². The molecule has 1 saturated heterocycles. The van der Waals surface area contributed by atoms with Crippen molar-refractivity contribution < 1.29 is 9.90 Å². The first-order valence-corrected chi connectivity index (χ1v) is 7.24. The number of nitrogens with zero attached hydrogens (tertiary/aromatic N) is 3. The number of hydrogen-bond donors (Lipinski definition) is 2. The Kier molecular flexibility index (Phi) is 2.98. The van der Waals surface area contributed by atoms with Gasteiger partial charge in [0.15, 0.2) is 10.8 Å². The Morgan fingerprint density at radius 1 is 1.17 bits per heavy atom. The fourth-order valence-electron chi connectivity index (χ4n) is 4.07. The third-order valence-electron chi connectivity index (χ3n) is 5.35. The zero-order valence-electron chi connectivity index (χ0n) is 12.4. The number of carbonyl (C=O) groups is 1. The molecule has 0 spiro atoms. The van der Waals surface area contributed by atoms with Gasteiger partial charge in [0, 0.05) is 18.3 Å². The molecule has 1 aromatic rings. The number of aliphatic hydroxyl groups is 1. The lowest BCUT2D eigenvalue weighted by atomic mass is 9.49. The van der Waals surface area contributed by atoms with Crippen molar-refractivity contribution in [2.24, 2.45) is 16.7 Å². The van der Waals surface area contributed by atoms with E-state index in [1.54, 1.807) is 37.3 Å². The van der Waals surface area contributed by atoms with Gasteiger partial charge in [0.25, 0.3) is 0 Å². The molecule has 0 aromatic heterocycles. The molecule has 2 aliphatic rings. The number of rotatable bonds is 1. The highest BCUT2D eigenvalue weighted by Gasteiger charge is 2.76. The van der Waals surface area contributed by atoms with Crippen LogP contribution in [0.2, 0.25) is 0 Å². The smallest absolute Gasteiger partial charge is 0.245 e. The summed E-state index contributed by atoms with van der Waals surface area (Å²) in [7, 11) is 0. The van der Waals surface area contributed by atoms with E-state index in [-0.39, 0.29) is 6.42 Å². The number of hydrogen-bond acceptors (Lipinski definition) is 5. The topological polar surface area (TPSA) is 121 Å². The van der Waals surface area contributed by atoms with Gasteiger partial charge in [-0.2, -0.15) is 15.8 Å². The van der Waals surface area contributed by atoms with Gasteiger partial charge in [-0.15, -0.1) is 0 Å². The van der Waals surface area contributed by atoms with Crippen LogP contribution in [0.15, 0.2) is 30.3 Å². The van der Waals surface area contributed by atoms with E-state index < -0.39 is 34.3 Å². The van der Waals surface area contributed by atoms with Gasteiger partial charge in [0.1, 0.15) is 5.72 Å². The standard InChI is InChI=1S/C17H14N4O2/c1-11-13(12-5-3-2-4-6-12)16(9-19,10-20)15(8-18)7-17(11,23)21-14(15)22/h2-6,11,13,23H,7H2,1H3,(H,21,22)/t11-,13+,15+,17-/m0/s1. The summed E-state index contributed by atoms with van der Waals surface area (Å²) in [6.07, 6.45) is -0.263. The van der Waals surface area contributed by atoms with E-state index in [0.29, 0.717) is 5.56 Å². The zero-order valence-corrected chi connectivity index (χ0v) is 12.4. The largest absolute Gasteiger partial charge is 0.371 e. The Hall–Kier alpha value is -2.88. The van der Waals surface area contributed by atoms with E-state index in [0.717, 1.165) is 0 Å². The van der Waals surface area contributed by atoms with Crippen molar-refractivity contribution in [2.45, 2.75) is 25.0 Å². The van der Waals surface area contributed by atoms with Crippen molar-refractivity contribution in [3.63, 3.8) is 0 Å². The quantitative estimate of drug-likeness (QED) is 0.806. The molecule has 23 heavy (non-hydrogen) atoms. The van der Waals surface area contributed by atoms with Crippen LogP contribution in [0.4, 0.5) is 0 Å². The van der Waals surface area contributed by atoms with Crippen molar-refractivity contribution in [1.82, 2.24) is 5.32 Å². The molecule has 4 atom stereocenters. The first-order valence-electron chi connectivity index (χ1n) is 7.24. The Balaban J connectivity index is 2.35. The molecule has 6 nitrogen and oxygen atoms in total. The Bertz CT molecular complexity index is 787. The predicted octanol–water partition coefficient (Wildman–Crippen LogP) is 1.17. The number of amides is 1. The minimum Gasteiger partial charge on any atom is -0.371 e. The summed E-state index contributed by atoms with van der Waals surface area (Å²) in [4.78, 5) is 12.5. The van der Waals surface area contributed by atoms with E-state index in [9.17, 15) is 25.7 Å². The molecule has 2 bridgehead atoms. The summed E-state index contributed by atoms with van der Waals surface area (Å²) in [6, 6.07) is 14.6. The second kappa shape index (κ2) is 4.56. The average Bonchev–Trinajstić information content (AvgIpc) is 2.82. The summed E-state index contributed by atoms with van der Waals surface area (Å²) in [5.74, 6) is -2.12. The lowest BCUT2D eigenvalue weighted by Gasteiger charge is -2.48. The van der Waals surface area contributed by atoms with Gasteiger partial charge in [-0.1, -0.05) is 37.3 Å². The summed E-state index contributed by atoms with van der Waals surface area (Å²) >= 11 is 0. The van der Waals surface area contributed by atoms with Crippen LogP contribution in [0.25, 0.3) is 0 Å². The molecule has 2 N–H and O–H groups in total. The number of nitrogens with one attached hydrogen (secondary N) is 1. The molecule has 1 aromatic carbocycles. The van der Waals surface area contributed by atoms with Gasteiger partial charge in [0.2, 0.25) is 5.91 Å². The van der Waals surface area contributed by atoms with Crippen LogP contribution in [0.5, 0.6) is 0 Å². The highest BCUT2D eigenvalue weighted by atomic mass is 16.3. The maximum absolute atomic E-state index is 12.5. The van der Waals surface area contributed by atoms with Gasteiger partial charge in [-0.05, 0) is 5.56 Å². The van der Waals surface area contributed by atoms with Crippen LogP contribution in [-0.4, -0.2) is 16.7 Å². The van der Waals surface area contributed by atoms with Crippen LogP contribution in [-0.2, 0) is 4.79 Å². The van der Waals surface area contributed by atoms with Crippen molar-refractivity contribution >= 4 is 5.91 Å². The lowest BCUT2D eigenvalue weighted by molar-refractivity contribution is -0.128. The summed E-state index contributed by atoms with van der Waals surface area (Å²) in [6.45, 7) is 1.69. The van der Waals surface area contributed by atoms with Crippen LogP contribution in [0.1, 0.15) is 24.8 Å². The number of nitriles is 3. The first kappa shape index (κ1) is 15.0. The molecule has 114 valence electrons. The molecule has 6 heteroatoms. The minimum atomic E-state index is -1.89. The molecular weight excluding hydrogens is 292 g/mol. The zero-order chi connectivity index (χ0) is 16.9. The Morgan fingerprint density at radius 3 is 2.30 bits per heavy atom. The fourth-order valence-corrected chi connectivity index (χ4v) is 4.07. The highest BCUT2D eigenvalue weighted by molar-refractivity contribution is 5.92. The fraction of sp³-hybridized carbons (Fsp3) is 0.412. The van der Waals surface area contributed by atoms with Crippen LogP contribution in [0.3, 0.4) is 0 Å². The van der Waals surface area contributed by atoms with Gasteiger partial charge >= 0.3 is 0 Å². The monoisotopic (exact) mass is 306 g/mol. The molecule has 1 aliphatic heterocycles. The average molecular weight is 306 g/mol. The predicted molar refractivity (Wildman–Crippen MR) is 77.8 cm³/mol. The van der Waals surface area contributed by atoms with Crippen LogP contribution < -0.4 is 5.32 Å². The van der Waals surface area contributed by atoms with E-state index in [1.807, 2.05) is 18.2 Å². The summed E-state index contributed by atoms with van der Waals surface area (Å²) in [5, 5.41) is 42.6. The molecule has 1 heterocycles. The van der Waals surface area contributed by atoms with Gasteiger partial charge in [0.05, 0.1) is 18.2 Å². The number of fused-ring (bicyclic) bond motifs is 2. The first-order chi connectivity index (χ1) is 10.9. The SMILES string of the molecule is C[C@H]1[C@H](c2ccccc2)C(C#N)(C#N)[C@@]2(C#N)C[C@@]1(O)NC2=O. The molecular formula is C17H14N4O2. The molecule has 2 fully saturated rings. The summed E-state index contributed by atoms with van der Waals surface area (Å²) < 4.78 is 0. The van der Waals surface area contributed by atoms with Crippen LogP contribution >= 0.6 is 0 Å². The molecule has 1 amide bonds. The maximum atomic E-state index is 12.5. The lowest BCUT2D eigenvalue weighted by Crippen LogP contribution is -2.56.